The molecule has 0 saturated carbocycles. The van der Waals surface area contributed by atoms with Gasteiger partial charge < -0.3 is 15.7 Å². The third-order valence-electron chi connectivity index (χ3n) is 4.31. The molecule has 3 aromatic heterocycles. The number of fused-ring (bicyclic) bond motifs is 1. The Morgan fingerprint density at radius 1 is 1.32 bits per heavy atom. The number of nitrogens with zero attached hydrogens (tertiary/aromatic N) is 5. The van der Waals surface area contributed by atoms with Crippen LogP contribution in [0.4, 0.5) is 0 Å². The number of aromatic amines is 1. The first-order valence-corrected chi connectivity index (χ1v) is 8.94. The second kappa shape index (κ2) is 7.34. The van der Waals surface area contributed by atoms with Crippen LogP contribution in [-0.2, 0) is 13.6 Å². The molecular weight excluding hydrogens is 376 g/mol. The highest BCUT2D eigenvalue weighted by Gasteiger charge is 2.12. The second-order valence-electron chi connectivity index (χ2n) is 6.41. The Bertz CT molecular complexity index is 1160. The molecule has 0 spiro atoms. The summed E-state index contributed by atoms with van der Waals surface area (Å²) in [5.41, 5.74) is 11.3. The van der Waals surface area contributed by atoms with Crippen LogP contribution >= 0.6 is 11.6 Å². The molecule has 0 aliphatic rings. The summed E-state index contributed by atoms with van der Waals surface area (Å²) in [5.74, 6) is 6.11. The smallest absolute Gasteiger partial charge is 0.156 e. The monoisotopic (exact) mass is 394 g/mol. The van der Waals surface area contributed by atoms with Crippen molar-refractivity contribution in [3.63, 3.8) is 0 Å². The van der Waals surface area contributed by atoms with Gasteiger partial charge in [0.15, 0.2) is 5.65 Å². The molecule has 5 N–H and O–H groups in total. The zero-order valence-electron chi connectivity index (χ0n) is 15.2. The maximum atomic E-state index is 6.29. The number of aryl methyl sites for hydroxylation is 1. The van der Waals surface area contributed by atoms with E-state index >= 15 is 0 Å². The normalized spacial score (nSPS) is 11.9. The lowest BCUT2D eigenvalue weighted by molar-refractivity contribution is 0.388. The molecule has 0 radical (unpaired) electrons. The maximum absolute atomic E-state index is 6.29. The second-order valence-corrected chi connectivity index (χ2v) is 6.81. The minimum absolute atomic E-state index is 0.426. The zero-order chi connectivity index (χ0) is 19.7. The summed E-state index contributed by atoms with van der Waals surface area (Å²) in [6.07, 6.45) is 8.75. The van der Waals surface area contributed by atoms with Gasteiger partial charge in [-0.25, -0.2) is 15.8 Å². The first-order valence-electron chi connectivity index (χ1n) is 8.57. The van der Waals surface area contributed by atoms with Crippen molar-refractivity contribution in [1.82, 2.24) is 29.7 Å². The topological polar surface area (TPSA) is 115 Å². The standard InChI is InChI=1S/C19H19ClN8/c1-27-9-13(6-25-27)17-8-24-19-18(26-17)14(7-23-19)16(21)11-28(22)10-12-4-2-3-5-15(12)20/h2-9,11H,10,21-22H2,1H3,(H,23,24)/b16-11-. The predicted molar refractivity (Wildman–Crippen MR) is 109 cm³/mol. The van der Waals surface area contributed by atoms with E-state index < -0.39 is 0 Å². The number of nitrogens with one attached hydrogen (secondary N) is 1. The number of hydrogen-bond donors (Lipinski definition) is 3. The van der Waals surface area contributed by atoms with Crippen molar-refractivity contribution in [2.24, 2.45) is 18.6 Å². The van der Waals surface area contributed by atoms with Gasteiger partial charge in [-0.05, 0) is 11.6 Å². The Kier molecular flexibility index (Phi) is 4.72. The van der Waals surface area contributed by atoms with Gasteiger partial charge >= 0.3 is 0 Å². The predicted octanol–water partition coefficient (Wildman–Crippen LogP) is 2.64. The van der Waals surface area contributed by atoms with E-state index in [0.717, 1.165) is 22.4 Å². The molecule has 0 amide bonds. The van der Waals surface area contributed by atoms with Gasteiger partial charge in [0.25, 0.3) is 0 Å². The van der Waals surface area contributed by atoms with Crippen LogP contribution in [-0.4, -0.2) is 29.7 Å². The molecule has 0 aliphatic heterocycles. The fourth-order valence-electron chi connectivity index (χ4n) is 2.92. The number of hydrogen-bond acceptors (Lipinski definition) is 6. The largest absolute Gasteiger partial charge is 0.397 e. The molecule has 1 aromatic carbocycles. The Hall–Kier alpha value is -3.36. The first-order chi connectivity index (χ1) is 13.5. The van der Waals surface area contributed by atoms with Gasteiger partial charge in [0.1, 0.15) is 5.52 Å². The SMILES string of the molecule is Cn1cc(-c2cnc3[nH]cc(/C(N)=C/N(N)Cc4ccccc4Cl)c3n2)cn1. The van der Waals surface area contributed by atoms with E-state index in [-0.39, 0.29) is 0 Å². The van der Waals surface area contributed by atoms with Crippen molar-refractivity contribution in [3.8, 4) is 11.3 Å². The molecular formula is C19H19ClN8. The van der Waals surface area contributed by atoms with Gasteiger partial charge in [0.2, 0.25) is 0 Å². The quantitative estimate of drug-likeness (QED) is 0.354. The maximum Gasteiger partial charge on any atom is 0.156 e. The third-order valence-corrected chi connectivity index (χ3v) is 4.68. The van der Waals surface area contributed by atoms with E-state index in [2.05, 4.69) is 15.1 Å². The molecule has 0 saturated heterocycles. The number of H-pyrrole nitrogens is 1. The van der Waals surface area contributed by atoms with Crippen molar-refractivity contribution in [2.75, 3.05) is 0 Å². The van der Waals surface area contributed by atoms with Crippen LogP contribution < -0.4 is 11.6 Å². The van der Waals surface area contributed by atoms with Crippen LogP contribution in [0.15, 0.2) is 55.3 Å². The van der Waals surface area contributed by atoms with Gasteiger partial charge in [-0.2, -0.15) is 5.10 Å². The highest BCUT2D eigenvalue weighted by atomic mass is 35.5. The van der Waals surface area contributed by atoms with E-state index in [4.69, 9.17) is 28.2 Å². The Labute approximate surface area is 166 Å². The van der Waals surface area contributed by atoms with E-state index in [9.17, 15) is 0 Å². The molecule has 0 aliphatic carbocycles. The highest BCUT2D eigenvalue weighted by molar-refractivity contribution is 6.31. The van der Waals surface area contributed by atoms with E-state index in [1.165, 1.54) is 5.01 Å². The molecule has 0 unspecified atom stereocenters. The molecule has 0 bridgehead atoms. The molecule has 0 fully saturated rings. The van der Waals surface area contributed by atoms with Crippen LogP contribution in [0.5, 0.6) is 0 Å². The lowest BCUT2D eigenvalue weighted by Crippen LogP contribution is -2.25. The van der Waals surface area contributed by atoms with E-state index in [1.807, 2.05) is 37.5 Å². The van der Waals surface area contributed by atoms with Gasteiger partial charge in [0, 0.05) is 41.8 Å². The molecule has 142 valence electrons. The van der Waals surface area contributed by atoms with Gasteiger partial charge in [-0.3, -0.25) is 4.68 Å². The summed E-state index contributed by atoms with van der Waals surface area (Å²) < 4.78 is 1.72. The summed E-state index contributed by atoms with van der Waals surface area (Å²) in [6.45, 7) is 0.426. The summed E-state index contributed by atoms with van der Waals surface area (Å²) in [5, 5.41) is 6.33. The molecule has 4 aromatic rings. The lowest BCUT2D eigenvalue weighted by Gasteiger charge is -2.15. The van der Waals surface area contributed by atoms with Crippen molar-refractivity contribution >= 4 is 28.5 Å². The fraction of sp³-hybridized carbons (Fsp3) is 0.105. The number of rotatable bonds is 5. The minimum atomic E-state index is 0.426. The van der Waals surface area contributed by atoms with Crippen LogP contribution in [0.2, 0.25) is 5.02 Å². The van der Waals surface area contributed by atoms with E-state index in [1.54, 1.807) is 29.5 Å². The van der Waals surface area contributed by atoms with E-state index in [0.29, 0.717) is 28.4 Å². The number of benzene rings is 1. The minimum Gasteiger partial charge on any atom is -0.397 e. The summed E-state index contributed by atoms with van der Waals surface area (Å²) in [7, 11) is 1.85. The summed E-state index contributed by atoms with van der Waals surface area (Å²) in [4.78, 5) is 12.2. The van der Waals surface area contributed by atoms with Crippen LogP contribution in [0.25, 0.3) is 28.1 Å². The van der Waals surface area contributed by atoms with Crippen LogP contribution in [0, 0.1) is 0 Å². The number of halogens is 1. The average molecular weight is 395 g/mol. The van der Waals surface area contributed by atoms with Crippen molar-refractivity contribution in [2.45, 2.75) is 6.54 Å². The summed E-state index contributed by atoms with van der Waals surface area (Å²) in [6, 6.07) is 7.54. The molecule has 28 heavy (non-hydrogen) atoms. The van der Waals surface area contributed by atoms with Crippen molar-refractivity contribution < 1.29 is 0 Å². The number of nitrogens with two attached hydrogens (primary N) is 2. The lowest BCUT2D eigenvalue weighted by atomic mass is 10.2. The fourth-order valence-corrected chi connectivity index (χ4v) is 3.12. The third kappa shape index (κ3) is 3.55. The van der Waals surface area contributed by atoms with Crippen molar-refractivity contribution in [3.05, 3.63) is 71.4 Å². The molecule has 0 atom stereocenters. The van der Waals surface area contributed by atoms with Gasteiger partial charge in [-0.1, -0.05) is 29.8 Å². The average Bonchev–Trinajstić information content (AvgIpc) is 3.29. The molecule has 3 heterocycles. The van der Waals surface area contributed by atoms with Crippen molar-refractivity contribution in [1.29, 1.82) is 0 Å². The van der Waals surface area contributed by atoms with Crippen LogP contribution in [0.3, 0.4) is 0 Å². The zero-order valence-corrected chi connectivity index (χ0v) is 15.9. The molecule has 9 heteroatoms. The number of aromatic nitrogens is 5. The Balaban J connectivity index is 1.64. The molecule has 8 nitrogen and oxygen atoms in total. The first kappa shape index (κ1) is 18.0. The Morgan fingerprint density at radius 3 is 2.89 bits per heavy atom. The Morgan fingerprint density at radius 2 is 2.14 bits per heavy atom. The summed E-state index contributed by atoms with van der Waals surface area (Å²) >= 11 is 6.20. The number of hydrazine groups is 1. The highest BCUT2D eigenvalue weighted by Crippen LogP contribution is 2.24. The van der Waals surface area contributed by atoms with Gasteiger partial charge in [0.05, 0.1) is 30.3 Å². The van der Waals surface area contributed by atoms with Crippen LogP contribution in [0.1, 0.15) is 11.1 Å². The molecule has 4 rings (SSSR count). The van der Waals surface area contributed by atoms with Gasteiger partial charge in [-0.15, -0.1) is 0 Å².